The lowest BCUT2D eigenvalue weighted by Crippen LogP contribution is -2.46. The molecule has 2 aromatic carbocycles. The molecule has 0 amide bonds. The van der Waals surface area contributed by atoms with E-state index in [9.17, 15) is 0 Å². The summed E-state index contributed by atoms with van der Waals surface area (Å²) in [5, 5.41) is 9.02. The van der Waals surface area contributed by atoms with Crippen molar-refractivity contribution >= 4 is 34.5 Å². The number of allylic oxidation sites excluding steroid dienone is 1. The smallest absolute Gasteiger partial charge is 0.258 e. The van der Waals surface area contributed by atoms with Crippen LogP contribution in [0.5, 0.6) is 0 Å². The van der Waals surface area contributed by atoms with Crippen molar-refractivity contribution in [3.63, 3.8) is 0 Å². The highest BCUT2D eigenvalue weighted by Gasteiger charge is 2.33. The van der Waals surface area contributed by atoms with Gasteiger partial charge in [-0.15, -0.1) is 0 Å². The minimum absolute atomic E-state index is 0.168. The molecule has 1 aromatic heterocycles. The highest BCUT2D eigenvalue weighted by Crippen LogP contribution is 2.37. The van der Waals surface area contributed by atoms with Crippen LogP contribution in [0.3, 0.4) is 0 Å². The van der Waals surface area contributed by atoms with Gasteiger partial charge in [0, 0.05) is 22.8 Å². The van der Waals surface area contributed by atoms with E-state index >= 15 is 0 Å². The molecule has 0 radical (unpaired) electrons. The number of thiocarbonyl (C=S) groups is 1. The first-order valence-electron chi connectivity index (χ1n) is 9.93. The second-order valence-electron chi connectivity index (χ2n) is 7.38. The summed E-state index contributed by atoms with van der Waals surface area (Å²) in [6, 6.07) is 15.7. The molecule has 1 aliphatic heterocycles. The fraction of sp³-hybridized carbons (Fsp3) is 0.261. The Hall–Kier alpha value is -2.70. The van der Waals surface area contributed by atoms with Crippen LogP contribution in [-0.2, 0) is 0 Å². The maximum absolute atomic E-state index is 6.13. The maximum atomic E-state index is 6.13. The Bertz CT molecular complexity index is 1110. The molecule has 1 unspecified atom stereocenters. The second kappa shape index (κ2) is 8.58. The molecule has 7 heteroatoms. The quantitative estimate of drug-likeness (QED) is 0.510. The lowest BCUT2D eigenvalue weighted by molar-refractivity contribution is 0.396. The lowest BCUT2D eigenvalue weighted by Gasteiger charge is -2.37. The van der Waals surface area contributed by atoms with E-state index in [0.29, 0.717) is 21.9 Å². The van der Waals surface area contributed by atoms with Gasteiger partial charge in [-0.3, -0.25) is 0 Å². The summed E-state index contributed by atoms with van der Waals surface area (Å²) in [4.78, 5) is 6.80. The predicted octanol–water partition coefficient (Wildman–Crippen LogP) is 5.77. The summed E-state index contributed by atoms with van der Waals surface area (Å²) in [7, 11) is 0. The van der Waals surface area contributed by atoms with Crippen LogP contribution in [-0.4, -0.2) is 26.7 Å². The zero-order chi connectivity index (χ0) is 21.3. The van der Waals surface area contributed by atoms with E-state index in [1.54, 1.807) is 0 Å². The maximum Gasteiger partial charge on any atom is 0.258 e. The summed E-state index contributed by atoms with van der Waals surface area (Å²) in [5.74, 6) is 0.981. The highest BCUT2D eigenvalue weighted by molar-refractivity contribution is 7.80. The van der Waals surface area contributed by atoms with Crippen LogP contribution in [0.2, 0.25) is 5.02 Å². The van der Waals surface area contributed by atoms with Crippen LogP contribution >= 0.6 is 23.8 Å². The molecule has 3 aromatic rings. The summed E-state index contributed by atoms with van der Waals surface area (Å²) in [5.41, 5.74) is 5.06. The predicted molar refractivity (Wildman–Crippen MR) is 124 cm³/mol. The Labute approximate surface area is 186 Å². The molecule has 1 aliphatic rings. The number of rotatable bonds is 5. The van der Waals surface area contributed by atoms with E-state index in [1.807, 2.05) is 24.3 Å². The molecular weight excluding hydrogens is 416 g/mol. The van der Waals surface area contributed by atoms with Crippen molar-refractivity contribution < 1.29 is 4.52 Å². The fourth-order valence-corrected chi connectivity index (χ4v) is 4.17. The van der Waals surface area contributed by atoms with Crippen molar-refractivity contribution in [3.8, 4) is 11.4 Å². The van der Waals surface area contributed by atoms with Crippen LogP contribution in [0, 0.1) is 6.92 Å². The molecule has 0 bridgehead atoms. The highest BCUT2D eigenvalue weighted by atomic mass is 35.5. The number of hydrogen-bond donors (Lipinski definition) is 1. The van der Waals surface area contributed by atoms with Gasteiger partial charge in [0.25, 0.3) is 5.89 Å². The van der Waals surface area contributed by atoms with Crippen LogP contribution in [0.25, 0.3) is 17.0 Å². The Kier molecular flexibility index (Phi) is 5.88. The van der Waals surface area contributed by atoms with E-state index < -0.39 is 0 Å². The van der Waals surface area contributed by atoms with Gasteiger partial charge in [0.15, 0.2) is 5.11 Å². The van der Waals surface area contributed by atoms with Crippen molar-refractivity contribution in [2.24, 2.45) is 0 Å². The van der Waals surface area contributed by atoms with Gasteiger partial charge >= 0.3 is 0 Å². The van der Waals surface area contributed by atoms with E-state index in [1.165, 1.54) is 5.56 Å². The lowest BCUT2D eigenvalue weighted by atomic mass is 9.94. The first-order valence-corrected chi connectivity index (χ1v) is 10.7. The van der Waals surface area contributed by atoms with Crippen molar-refractivity contribution in [2.75, 3.05) is 6.54 Å². The van der Waals surface area contributed by atoms with Gasteiger partial charge in [-0.05, 0) is 50.2 Å². The zero-order valence-corrected chi connectivity index (χ0v) is 18.7. The number of nitrogens with one attached hydrogen (secondary N) is 1. The van der Waals surface area contributed by atoms with Crippen LogP contribution in [0.1, 0.15) is 43.3 Å². The summed E-state index contributed by atoms with van der Waals surface area (Å²) in [6.07, 6.45) is 0.971. The Morgan fingerprint density at radius 1 is 1.17 bits per heavy atom. The first-order chi connectivity index (χ1) is 14.5. The summed E-state index contributed by atoms with van der Waals surface area (Å²) < 4.78 is 5.73. The van der Waals surface area contributed by atoms with Crippen molar-refractivity contribution in [2.45, 2.75) is 33.2 Å². The molecule has 0 aliphatic carbocycles. The Morgan fingerprint density at radius 3 is 2.63 bits per heavy atom. The third-order valence-corrected chi connectivity index (χ3v) is 5.77. The number of benzene rings is 2. The number of aromatic nitrogens is 2. The largest absolute Gasteiger partial charge is 0.351 e. The van der Waals surface area contributed by atoms with Gasteiger partial charge < -0.3 is 14.7 Å². The van der Waals surface area contributed by atoms with E-state index in [2.05, 4.69) is 60.4 Å². The number of halogens is 1. The molecular formula is C23H23ClN4OS. The van der Waals surface area contributed by atoms with Crippen molar-refractivity contribution in [1.82, 2.24) is 20.4 Å². The van der Waals surface area contributed by atoms with Gasteiger partial charge in [-0.2, -0.15) is 4.98 Å². The molecule has 0 spiro atoms. The topological polar surface area (TPSA) is 54.2 Å². The molecule has 30 heavy (non-hydrogen) atoms. The van der Waals surface area contributed by atoms with Crippen LogP contribution in [0.4, 0.5) is 0 Å². The molecule has 2 heterocycles. The molecule has 4 rings (SSSR count). The monoisotopic (exact) mass is 438 g/mol. The summed E-state index contributed by atoms with van der Waals surface area (Å²) in [6.45, 7) is 7.08. The van der Waals surface area contributed by atoms with Gasteiger partial charge in [0.1, 0.15) is 0 Å². The normalized spacial score (nSPS) is 16.7. The van der Waals surface area contributed by atoms with Gasteiger partial charge in [0.2, 0.25) is 5.82 Å². The van der Waals surface area contributed by atoms with Crippen LogP contribution in [0.15, 0.2) is 58.8 Å². The molecule has 1 N–H and O–H groups in total. The molecule has 0 fully saturated rings. The van der Waals surface area contributed by atoms with Crippen LogP contribution < -0.4 is 5.32 Å². The number of hydrogen-bond acceptors (Lipinski definition) is 4. The van der Waals surface area contributed by atoms with Gasteiger partial charge in [-0.1, -0.05) is 65.6 Å². The molecule has 0 saturated heterocycles. The van der Waals surface area contributed by atoms with E-state index in [0.717, 1.165) is 35.4 Å². The third-order valence-electron chi connectivity index (χ3n) is 5.19. The summed E-state index contributed by atoms with van der Waals surface area (Å²) >= 11 is 11.8. The van der Waals surface area contributed by atoms with Crippen molar-refractivity contribution in [1.29, 1.82) is 0 Å². The molecule has 1 atom stereocenters. The SMILES string of the molecule is CCCN1C(=S)NC(c2ccc(C)cc2)C(c2nc(-c3cccc(Cl)c3)no2)=C1C. The first kappa shape index (κ1) is 20.6. The van der Waals surface area contributed by atoms with Crippen molar-refractivity contribution in [3.05, 3.63) is 76.3 Å². The van der Waals surface area contributed by atoms with E-state index in [4.69, 9.17) is 33.3 Å². The zero-order valence-electron chi connectivity index (χ0n) is 17.1. The van der Waals surface area contributed by atoms with Gasteiger partial charge in [0.05, 0.1) is 11.6 Å². The minimum Gasteiger partial charge on any atom is -0.351 e. The number of nitrogens with zero attached hydrogens (tertiary/aromatic N) is 3. The molecule has 154 valence electrons. The molecule has 5 nitrogen and oxygen atoms in total. The fourth-order valence-electron chi connectivity index (χ4n) is 3.64. The Balaban J connectivity index is 1.81. The third kappa shape index (κ3) is 3.98. The van der Waals surface area contributed by atoms with Gasteiger partial charge in [-0.25, -0.2) is 0 Å². The number of aryl methyl sites for hydroxylation is 1. The Morgan fingerprint density at radius 2 is 1.93 bits per heavy atom. The second-order valence-corrected chi connectivity index (χ2v) is 8.20. The average Bonchev–Trinajstić information content (AvgIpc) is 3.21. The average molecular weight is 439 g/mol. The standard InChI is InChI=1S/C23H23ClN4OS/c1-4-12-28-15(3)19(20(25-23(28)30)16-10-8-14(2)9-11-16)22-26-21(27-29-22)17-6-5-7-18(24)13-17/h5-11,13,20H,4,12H2,1-3H3,(H,25,30). The minimum atomic E-state index is -0.168. The van der Waals surface area contributed by atoms with E-state index in [-0.39, 0.29) is 6.04 Å². The molecule has 0 saturated carbocycles.